The van der Waals surface area contributed by atoms with Gasteiger partial charge in [-0.3, -0.25) is 0 Å². The molecule has 0 spiro atoms. The quantitative estimate of drug-likeness (QED) is 0.586. The fraction of sp³-hybridized carbons (Fsp3) is 0.0526. The molecule has 0 saturated heterocycles. The lowest BCUT2D eigenvalue weighted by atomic mass is 9.95. The first-order chi connectivity index (χ1) is 9.45. The third kappa shape index (κ3) is 1.53. The highest BCUT2D eigenvalue weighted by Crippen LogP contribution is 2.47. The van der Waals surface area contributed by atoms with Crippen molar-refractivity contribution in [3.05, 3.63) is 107 Å². The third-order valence-electron chi connectivity index (χ3n) is 3.95. The summed E-state index contributed by atoms with van der Waals surface area (Å²) < 4.78 is 0. The second-order valence-corrected chi connectivity index (χ2v) is 5.00. The van der Waals surface area contributed by atoms with Gasteiger partial charge >= 0.3 is 0 Å². The SMILES string of the molecule is C1=CC=CC2=C(C=C1)C1=C3C(=CC=CC=C1)C=CC23. The number of allylic oxidation sites excluding steroid dienone is 18. The van der Waals surface area contributed by atoms with Crippen molar-refractivity contribution in [1.29, 1.82) is 0 Å². The molecule has 90 valence electrons. The van der Waals surface area contributed by atoms with E-state index in [0.29, 0.717) is 5.92 Å². The molecule has 4 aliphatic carbocycles. The summed E-state index contributed by atoms with van der Waals surface area (Å²) in [5.74, 6) is 0.430. The van der Waals surface area contributed by atoms with Crippen molar-refractivity contribution in [2.24, 2.45) is 5.92 Å². The molecule has 0 heteroatoms. The van der Waals surface area contributed by atoms with Gasteiger partial charge in [-0.15, -0.1) is 0 Å². The van der Waals surface area contributed by atoms with Crippen LogP contribution in [0.3, 0.4) is 0 Å². The van der Waals surface area contributed by atoms with Gasteiger partial charge in [0.25, 0.3) is 0 Å². The lowest BCUT2D eigenvalue weighted by Crippen LogP contribution is -1.96. The fourth-order valence-electron chi connectivity index (χ4n) is 3.13. The Kier molecular flexibility index (Phi) is 2.28. The van der Waals surface area contributed by atoms with Gasteiger partial charge in [-0.2, -0.15) is 0 Å². The Labute approximate surface area is 113 Å². The zero-order chi connectivity index (χ0) is 12.7. The van der Waals surface area contributed by atoms with E-state index >= 15 is 0 Å². The summed E-state index contributed by atoms with van der Waals surface area (Å²) in [7, 11) is 0. The van der Waals surface area contributed by atoms with Gasteiger partial charge in [0.05, 0.1) is 0 Å². The first-order valence-electron chi connectivity index (χ1n) is 6.69. The zero-order valence-corrected chi connectivity index (χ0v) is 10.6. The maximum absolute atomic E-state index is 2.32. The van der Waals surface area contributed by atoms with E-state index in [-0.39, 0.29) is 0 Å². The van der Waals surface area contributed by atoms with E-state index in [1.165, 1.54) is 27.9 Å². The largest absolute Gasteiger partial charge is 0.0720 e. The van der Waals surface area contributed by atoms with Crippen LogP contribution in [0.15, 0.2) is 107 Å². The summed E-state index contributed by atoms with van der Waals surface area (Å²) >= 11 is 0. The van der Waals surface area contributed by atoms with E-state index in [0.717, 1.165) is 0 Å². The molecule has 1 unspecified atom stereocenters. The number of hydrogen-bond donors (Lipinski definition) is 0. The van der Waals surface area contributed by atoms with Gasteiger partial charge in [0.15, 0.2) is 0 Å². The van der Waals surface area contributed by atoms with Crippen LogP contribution in [0.25, 0.3) is 0 Å². The third-order valence-corrected chi connectivity index (χ3v) is 3.95. The zero-order valence-electron chi connectivity index (χ0n) is 10.6. The lowest BCUT2D eigenvalue weighted by molar-refractivity contribution is 0.993. The molecule has 0 nitrogen and oxygen atoms in total. The molecular formula is C19H14. The van der Waals surface area contributed by atoms with E-state index in [1.807, 2.05) is 0 Å². The Hall–Kier alpha value is -2.34. The van der Waals surface area contributed by atoms with Crippen molar-refractivity contribution in [3.8, 4) is 0 Å². The predicted molar refractivity (Wildman–Crippen MR) is 80.5 cm³/mol. The molecule has 0 fully saturated rings. The van der Waals surface area contributed by atoms with Gasteiger partial charge in [0.1, 0.15) is 0 Å². The summed E-state index contributed by atoms with van der Waals surface area (Å²) in [6.07, 6.45) is 28.3. The first kappa shape index (κ1) is 10.6. The minimum atomic E-state index is 0.430. The molecule has 1 atom stereocenters. The molecule has 0 aromatic carbocycles. The van der Waals surface area contributed by atoms with E-state index < -0.39 is 0 Å². The highest BCUT2D eigenvalue weighted by Gasteiger charge is 2.33. The van der Waals surface area contributed by atoms with Crippen molar-refractivity contribution in [2.75, 3.05) is 0 Å². The van der Waals surface area contributed by atoms with E-state index in [4.69, 9.17) is 0 Å². The van der Waals surface area contributed by atoms with Crippen molar-refractivity contribution in [1.82, 2.24) is 0 Å². The average molecular weight is 242 g/mol. The maximum atomic E-state index is 2.32. The fourth-order valence-corrected chi connectivity index (χ4v) is 3.13. The molecule has 0 heterocycles. The summed E-state index contributed by atoms with van der Waals surface area (Å²) in [6, 6.07) is 0. The molecule has 0 aliphatic heterocycles. The molecule has 19 heavy (non-hydrogen) atoms. The monoisotopic (exact) mass is 242 g/mol. The van der Waals surface area contributed by atoms with Gasteiger partial charge < -0.3 is 0 Å². The maximum Gasteiger partial charge on any atom is 0.0291 e. The lowest BCUT2D eigenvalue weighted by Gasteiger charge is -2.08. The van der Waals surface area contributed by atoms with E-state index in [2.05, 4.69) is 79.0 Å². The van der Waals surface area contributed by atoms with Crippen LogP contribution < -0.4 is 0 Å². The Balaban J connectivity index is 1.96. The van der Waals surface area contributed by atoms with Gasteiger partial charge in [-0.1, -0.05) is 79.0 Å². The minimum Gasteiger partial charge on any atom is -0.0720 e. The minimum absolute atomic E-state index is 0.430. The van der Waals surface area contributed by atoms with Crippen molar-refractivity contribution in [3.63, 3.8) is 0 Å². The van der Waals surface area contributed by atoms with E-state index in [9.17, 15) is 0 Å². The molecule has 0 aromatic heterocycles. The summed E-state index contributed by atoms with van der Waals surface area (Å²) in [6.45, 7) is 0. The molecule has 0 amide bonds. The predicted octanol–water partition coefficient (Wildman–Crippen LogP) is 4.51. The average Bonchev–Trinajstić information content (AvgIpc) is 2.84. The molecule has 4 aliphatic rings. The summed E-state index contributed by atoms with van der Waals surface area (Å²) in [5, 5.41) is 0. The molecule has 0 radical (unpaired) electrons. The Morgan fingerprint density at radius 2 is 1.37 bits per heavy atom. The van der Waals surface area contributed by atoms with Crippen LogP contribution in [0.2, 0.25) is 0 Å². The van der Waals surface area contributed by atoms with Crippen molar-refractivity contribution < 1.29 is 0 Å². The Bertz CT molecular complexity index is 707. The number of fused-ring (bicyclic) bond motifs is 2. The summed E-state index contributed by atoms with van der Waals surface area (Å²) in [5.41, 5.74) is 6.96. The van der Waals surface area contributed by atoms with Crippen LogP contribution in [0.1, 0.15) is 0 Å². The molecule has 0 aromatic rings. The molecule has 4 rings (SSSR count). The highest BCUT2D eigenvalue weighted by atomic mass is 14.4. The standard InChI is InChI=1S/C19H14/c1-2-6-10-16-15(9-5-1)17-11-7-3-4-8-14-12-13-18(16)19(14)17/h1-13,18H. The molecular weight excluding hydrogens is 228 g/mol. The normalized spacial score (nSPS) is 26.1. The molecule has 0 bridgehead atoms. The second-order valence-electron chi connectivity index (χ2n) is 5.00. The van der Waals surface area contributed by atoms with Crippen LogP contribution in [-0.4, -0.2) is 0 Å². The molecule has 0 N–H and O–H groups in total. The van der Waals surface area contributed by atoms with Gasteiger partial charge in [0.2, 0.25) is 0 Å². The van der Waals surface area contributed by atoms with Crippen LogP contribution >= 0.6 is 0 Å². The number of rotatable bonds is 0. The smallest absolute Gasteiger partial charge is 0.0291 e. The van der Waals surface area contributed by atoms with Gasteiger partial charge in [-0.05, 0) is 27.9 Å². The topological polar surface area (TPSA) is 0 Å². The Morgan fingerprint density at radius 1 is 0.632 bits per heavy atom. The van der Waals surface area contributed by atoms with Crippen LogP contribution in [0, 0.1) is 5.92 Å². The Morgan fingerprint density at radius 3 is 2.26 bits per heavy atom. The number of hydrogen-bond acceptors (Lipinski definition) is 0. The van der Waals surface area contributed by atoms with Gasteiger partial charge in [-0.25, -0.2) is 0 Å². The summed E-state index contributed by atoms with van der Waals surface area (Å²) in [4.78, 5) is 0. The second kappa shape index (κ2) is 4.10. The van der Waals surface area contributed by atoms with Crippen LogP contribution in [-0.2, 0) is 0 Å². The van der Waals surface area contributed by atoms with Crippen molar-refractivity contribution >= 4 is 0 Å². The van der Waals surface area contributed by atoms with Crippen LogP contribution in [0.5, 0.6) is 0 Å². The highest BCUT2D eigenvalue weighted by molar-refractivity contribution is 5.73. The van der Waals surface area contributed by atoms with E-state index in [1.54, 1.807) is 0 Å². The molecule has 0 saturated carbocycles. The first-order valence-corrected chi connectivity index (χ1v) is 6.69. The van der Waals surface area contributed by atoms with Crippen LogP contribution in [0.4, 0.5) is 0 Å². The van der Waals surface area contributed by atoms with Crippen molar-refractivity contribution in [2.45, 2.75) is 0 Å². The van der Waals surface area contributed by atoms with Gasteiger partial charge in [0, 0.05) is 5.92 Å².